The highest BCUT2D eigenvalue weighted by Crippen LogP contribution is 2.35. The van der Waals surface area contributed by atoms with Crippen LogP contribution in [0.1, 0.15) is 18.2 Å². The summed E-state index contributed by atoms with van der Waals surface area (Å²) in [6, 6.07) is 6.34. The number of fused-ring (bicyclic) bond motifs is 1. The van der Waals surface area contributed by atoms with Gasteiger partial charge in [-0.3, -0.25) is 14.9 Å². The van der Waals surface area contributed by atoms with Crippen molar-refractivity contribution in [2.75, 3.05) is 27.3 Å². The van der Waals surface area contributed by atoms with E-state index in [9.17, 15) is 0 Å². The maximum atomic E-state index is 5.91. The zero-order chi connectivity index (χ0) is 16.9. The quantitative estimate of drug-likeness (QED) is 0.817. The maximum absolute atomic E-state index is 5.91. The third kappa shape index (κ3) is 3.74. The van der Waals surface area contributed by atoms with Crippen LogP contribution in [0.4, 0.5) is 0 Å². The van der Waals surface area contributed by atoms with Crippen LogP contribution < -0.4 is 9.47 Å². The van der Waals surface area contributed by atoms with E-state index in [4.69, 9.17) is 9.47 Å². The van der Waals surface area contributed by atoms with E-state index in [1.165, 1.54) is 5.57 Å². The molecule has 1 aromatic heterocycles. The molecule has 3 rings (SSSR count). The molecule has 0 saturated heterocycles. The van der Waals surface area contributed by atoms with E-state index in [-0.39, 0.29) is 0 Å². The third-order valence-corrected chi connectivity index (χ3v) is 4.32. The average Bonchev–Trinajstić information content (AvgIpc) is 2.61. The van der Waals surface area contributed by atoms with E-state index in [1.54, 1.807) is 19.5 Å². The zero-order valence-corrected chi connectivity index (χ0v) is 14.4. The molecule has 1 aliphatic heterocycles. The minimum atomic E-state index is 0.370. The highest BCUT2D eigenvalue weighted by molar-refractivity contribution is 5.66. The van der Waals surface area contributed by atoms with Crippen molar-refractivity contribution in [2.24, 2.45) is 0 Å². The van der Waals surface area contributed by atoms with Gasteiger partial charge in [-0.15, -0.1) is 0 Å². The van der Waals surface area contributed by atoms with Gasteiger partial charge in [-0.2, -0.15) is 0 Å². The summed E-state index contributed by atoms with van der Waals surface area (Å²) in [6.07, 6.45) is 8.35. The lowest BCUT2D eigenvalue weighted by Crippen LogP contribution is -2.34. The van der Waals surface area contributed by atoms with Crippen LogP contribution in [0, 0.1) is 0 Å². The Hall–Kier alpha value is -2.40. The van der Waals surface area contributed by atoms with Crippen LogP contribution in [-0.2, 0) is 6.42 Å². The number of benzene rings is 1. The predicted molar refractivity (Wildman–Crippen MR) is 94.3 cm³/mol. The standard InChI is InChI=1S/C19H23N3O2/c1-14(9-17-11-20-7-8-21-17)22(2)12-15-10-16-5-4-6-18(23-3)19(16)24-13-15/h4-8,10-11,14H,9,12-13H2,1-3H3/t14-/m0/s1. The van der Waals surface area contributed by atoms with Gasteiger partial charge in [0.15, 0.2) is 11.5 Å². The summed E-state index contributed by atoms with van der Waals surface area (Å²) in [4.78, 5) is 10.8. The molecule has 0 spiro atoms. The molecule has 0 aliphatic carbocycles. The molecular weight excluding hydrogens is 302 g/mol. The molecule has 0 unspecified atom stereocenters. The highest BCUT2D eigenvalue weighted by atomic mass is 16.5. The van der Waals surface area contributed by atoms with Crippen molar-refractivity contribution in [3.63, 3.8) is 0 Å². The number of rotatable bonds is 6. The Labute approximate surface area is 143 Å². The molecule has 2 heterocycles. The molecule has 0 radical (unpaired) electrons. The van der Waals surface area contributed by atoms with E-state index >= 15 is 0 Å². The molecule has 0 amide bonds. The summed E-state index contributed by atoms with van der Waals surface area (Å²) in [5.74, 6) is 1.62. The molecule has 2 aromatic rings. The van der Waals surface area contributed by atoms with Gasteiger partial charge >= 0.3 is 0 Å². The van der Waals surface area contributed by atoms with E-state index in [2.05, 4.69) is 41.0 Å². The van der Waals surface area contributed by atoms with Gasteiger partial charge in [0.25, 0.3) is 0 Å². The van der Waals surface area contributed by atoms with Crippen LogP contribution in [0.2, 0.25) is 0 Å². The second-order valence-corrected chi connectivity index (χ2v) is 6.13. The zero-order valence-electron chi connectivity index (χ0n) is 14.4. The first-order valence-corrected chi connectivity index (χ1v) is 8.11. The molecule has 1 aliphatic rings. The normalized spacial score (nSPS) is 14.6. The first-order chi connectivity index (χ1) is 11.7. The van der Waals surface area contributed by atoms with Gasteiger partial charge in [0.05, 0.1) is 12.8 Å². The summed E-state index contributed by atoms with van der Waals surface area (Å²) in [5, 5.41) is 0. The number of ether oxygens (including phenoxy) is 2. The van der Waals surface area contributed by atoms with Gasteiger partial charge in [0, 0.05) is 43.2 Å². The molecule has 1 aromatic carbocycles. The fourth-order valence-electron chi connectivity index (χ4n) is 2.85. The van der Waals surface area contributed by atoms with Crippen LogP contribution in [0.5, 0.6) is 11.5 Å². The lowest BCUT2D eigenvalue weighted by atomic mass is 10.1. The summed E-state index contributed by atoms with van der Waals surface area (Å²) in [6.45, 7) is 3.66. The fraction of sp³-hybridized carbons (Fsp3) is 0.368. The lowest BCUT2D eigenvalue weighted by Gasteiger charge is -2.27. The molecule has 1 atom stereocenters. The summed E-state index contributed by atoms with van der Waals surface area (Å²) >= 11 is 0. The van der Waals surface area contributed by atoms with E-state index in [1.807, 2.05) is 18.3 Å². The number of hydrogen-bond acceptors (Lipinski definition) is 5. The number of methoxy groups -OCH3 is 1. The Morgan fingerprint density at radius 2 is 2.21 bits per heavy atom. The maximum Gasteiger partial charge on any atom is 0.168 e. The summed E-state index contributed by atoms with van der Waals surface area (Å²) in [5.41, 5.74) is 3.34. The smallest absolute Gasteiger partial charge is 0.168 e. The molecule has 126 valence electrons. The predicted octanol–water partition coefficient (Wildman–Crippen LogP) is 2.82. The number of nitrogens with zero attached hydrogens (tertiary/aromatic N) is 3. The van der Waals surface area contributed by atoms with Crippen LogP contribution >= 0.6 is 0 Å². The topological polar surface area (TPSA) is 47.5 Å². The van der Waals surface area contributed by atoms with Gasteiger partial charge in [-0.1, -0.05) is 12.1 Å². The minimum Gasteiger partial charge on any atom is -0.493 e. The molecule has 5 nitrogen and oxygen atoms in total. The third-order valence-electron chi connectivity index (χ3n) is 4.32. The largest absolute Gasteiger partial charge is 0.493 e. The molecule has 0 bridgehead atoms. The molecule has 5 heteroatoms. The Kier molecular flexibility index (Phi) is 5.11. The van der Waals surface area contributed by atoms with Crippen molar-refractivity contribution in [1.82, 2.24) is 14.9 Å². The van der Waals surface area contributed by atoms with Gasteiger partial charge in [0.1, 0.15) is 6.61 Å². The van der Waals surface area contributed by atoms with Crippen molar-refractivity contribution >= 4 is 6.08 Å². The fourth-order valence-corrected chi connectivity index (χ4v) is 2.85. The van der Waals surface area contributed by atoms with E-state index < -0.39 is 0 Å². The van der Waals surface area contributed by atoms with Gasteiger partial charge < -0.3 is 9.47 Å². The molecule has 0 fully saturated rings. The summed E-state index contributed by atoms with van der Waals surface area (Å²) < 4.78 is 11.3. The van der Waals surface area contributed by atoms with Crippen molar-refractivity contribution in [3.05, 3.63) is 53.6 Å². The van der Waals surface area contributed by atoms with Crippen LogP contribution in [0.3, 0.4) is 0 Å². The van der Waals surface area contributed by atoms with E-state index in [0.717, 1.165) is 35.7 Å². The monoisotopic (exact) mass is 325 g/mol. The number of aromatic nitrogens is 2. The molecule has 0 saturated carbocycles. The average molecular weight is 325 g/mol. The Bertz CT molecular complexity index is 716. The van der Waals surface area contributed by atoms with Gasteiger partial charge in [-0.05, 0) is 31.7 Å². The molecule has 24 heavy (non-hydrogen) atoms. The Morgan fingerprint density at radius 1 is 1.33 bits per heavy atom. The van der Waals surface area contributed by atoms with Gasteiger partial charge in [-0.25, -0.2) is 0 Å². The second kappa shape index (κ2) is 7.45. The lowest BCUT2D eigenvalue weighted by molar-refractivity contribution is 0.254. The Balaban J connectivity index is 1.66. The number of para-hydroxylation sites is 1. The first kappa shape index (κ1) is 16.5. The first-order valence-electron chi connectivity index (χ1n) is 8.11. The van der Waals surface area contributed by atoms with Crippen molar-refractivity contribution < 1.29 is 9.47 Å². The summed E-state index contributed by atoms with van der Waals surface area (Å²) in [7, 11) is 3.79. The number of likely N-dealkylation sites (N-methyl/N-ethyl adjacent to an activating group) is 1. The molecular formula is C19H23N3O2. The molecule has 0 N–H and O–H groups in total. The van der Waals surface area contributed by atoms with Crippen LogP contribution in [0.15, 0.2) is 42.4 Å². The minimum absolute atomic E-state index is 0.370. The highest BCUT2D eigenvalue weighted by Gasteiger charge is 2.18. The second-order valence-electron chi connectivity index (χ2n) is 6.13. The Morgan fingerprint density at radius 3 is 2.96 bits per heavy atom. The SMILES string of the molecule is COc1cccc2c1OCC(CN(C)[C@@H](C)Cc1cnccn1)=C2. The number of hydrogen-bond donors (Lipinski definition) is 0. The van der Waals surface area contributed by atoms with Crippen LogP contribution in [-0.4, -0.2) is 48.2 Å². The van der Waals surface area contributed by atoms with Gasteiger partial charge in [0.2, 0.25) is 0 Å². The van der Waals surface area contributed by atoms with Crippen molar-refractivity contribution in [1.29, 1.82) is 0 Å². The van der Waals surface area contributed by atoms with E-state index in [0.29, 0.717) is 12.6 Å². The van der Waals surface area contributed by atoms with Crippen molar-refractivity contribution in [2.45, 2.75) is 19.4 Å². The van der Waals surface area contributed by atoms with Crippen molar-refractivity contribution in [3.8, 4) is 11.5 Å². The van der Waals surface area contributed by atoms with Crippen LogP contribution in [0.25, 0.3) is 6.08 Å².